The van der Waals surface area contributed by atoms with Crippen LogP contribution in [0.4, 0.5) is 0 Å². The molecule has 29 heavy (non-hydrogen) atoms. The molecule has 0 amide bonds. The maximum absolute atomic E-state index is 10.5. The smallest absolute Gasteiger partial charge is 0.753 e. The number of hydrogen-bond donors (Lipinski definition) is 0. The van der Waals surface area contributed by atoms with E-state index >= 15 is 0 Å². The number of aromatic nitrogens is 4. The van der Waals surface area contributed by atoms with Crippen LogP contribution in [0.5, 0.6) is 0 Å². The summed E-state index contributed by atoms with van der Waals surface area (Å²) >= 11 is 7.40. The maximum atomic E-state index is 10.5. The van der Waals surface area contributed by atoms with Gasteiger partial charge in [0, 0.05) is 13.8 Å². The van der Waals surface area contributed by atoms with Crippen molar-refractivity contribution in [2.75, 3.05) is 0 Å². The first-order valence-corrected chi connectivity index (χ1v) is 6.64. The third-order valence-corrected chi connectivity index (χ3v) is 2.02. The quantitative estimate of drug-likeness (QED) is 0.114. The molecule has 14 nitrogen and oxygen atoms in total. The average Bonchev–Trinajstić information content (AvgIpc) is 2.50. The second-order valence-electron chi connectivity index (χ2n) is 3.69. The van der Waals surface area contributed by atoms with E-state index < -0.39 is 0 Å². The van der Waals surface area contributed by atoms with Crippen LogP contribution in [0.1, 0.15) is 11.4 Å². The molecule has 0 aliphatic carbocycles. The molecule has 2 aromatic rings. The Morgan fingerprint density at radius 1 is 0.690 bits per heavy atom. The van der Waals surface area contributed by atoms with Crippen molar-refractivity contribution in [3.8, 4) is 0 Å². The zero-order valence-corrected chi connectivity index (χ0v) is 17.9. The molecule has 17 heteroatoms. The Hall–Kier alpha value is -2.69. The van der Waals surface area contributed by atoms with Crippen molar-refractivity contribution in [3.05, 3.63) is 80.2 Å². The van der Waals surface area contributed by atoms with E-state index in [-0.39, 0.29) is 38.7 Å². The Balaban J connectivity index is -0.0000000464. The SMILES string of the molecule is Cc1c[n+]([O-])cc[n+]1[O-].Cc1c[n+]([O-])cc[n+]1[O-].[Co+2].[N-]=C=S.[N-]=C=S.[OH3+].[OH3+].[OH3+].[OH3+]. The van der Waals surface area contributed by atoms with Crippen LogP contribution >= 0.6 is 24.4 Å². The molecule has 0 saturated carbocycles. The van der Waals surface area contributed by atoms with Gasteiger partial charge in [-0.25, -0.2) is 0 Å². The summed E-state index contributed by atoms with van der Waals surface area (Å²) in [6, 6.07) is 0. The van der Waals surface area contributed by atoms with Gasteiger partial charge in [0.2, 0.25) is 37.2 Å². The number of aryl methyl sites for hydroxylation is 2. The summed E-state index contributed by atoms with van der Waals surface area (Å²) in [4.78, 5) is 0. The predicted octanol–water partition coefficient (Wildman–Crippen LogP) is -3.85. The maximum Gasteiger partial charge on any atom is 2.00 e. The van der Waals surface area contributed by atoms with E-state index in [0.29, 0.717) is 30.3 Å². The van der Waals surface area contributed by atoms with Gasteiger partial charge >= 0.3 is 16.8 Å². The molecule has 167 valence electrons. The standard InChI is InChI=1S/2C5H6N2O2.2CNS.Co.4H2O/c2*1-5-4-6(8)2-3-7(5)9;2*2-1-3;;;;;/h2*2-4H,1H3;;;;4*1H2/q;;2*-1;+2;;;;/p+4. The Labute approximate surface area is 186 Å². The van der Waals surface area contributed by atoms with Crippen LogP contribution in [-0.4, -0.2) is 10.3 Å². The Bertz CT molecular complexity index is 670. The summed E-state index contributed by atoms with van der Waals surface area (Å²) in [6.45, 7) is 3.14. The van der Waals surface area contributed by atoms with E-state index in [1.165, 1.54) is 35.1 Å². The molecule has 0 atom stereocenters. The number of rotatable bonds is 0. The normalized spacial score (nSPS) is 6.41. The van der Waals surface area contributed by atoms with Gasteiger partial charge in [0.15, 0.2) is 0 Å². The van der Waals surface area contributed by atoms with Crippen LogP contribution in [0, 0.1) is 34.7 Å². The van der Waals surface area contributed by atoms with Crippen molar-refractivity contribution in [2.45, 2.75) is 13.8 Å². The van der Waals surface area contributed by atoms with E-state index in [9.17, 15) is 20.8 Å². The van der Waals surface area contributed by atoms with Crippen molar-refractivity contribution < 1.29 is 57.6 Å². The molecule has 0 aliphatic rings. The molecule has 0 spiro atoms. The third kappa shape index (κ3) is 25.3. The molecule has 12 N–H and O–H groups in total. The van der Waals surface area contributed by atoms with E-state index in [1.54, 1.807) is 13.8 Å². The molecule has 2 heterocycles. The van der Waals surface area contributed by atoms with Gasteiger partial charge in [0.25, 0.3) is 11.4 Å². The average molecular weight is 503 g/mol. The summed E-state index contributed by atoms with van der Waals surface area (Å²) in [5.74, 6) is 0. The molecule has 0 unspecified atom stereocenters. The number of nitrogens with zero attached hydrogens (tertiary/aromatic N) is 6. The molecule has 0 fully saturated rings. The van der Waals surface area contributed by atoms with Gasteiger partial charge in [0.05, 0.1) is 0 Å². The van der Waals surface area contributed by atoms with Crippen LogP contribution in [0.3, 0.4) is 0 Å². The number of hydrogen-bond acceptors (Lipinski definition) is 6. The van der Waals surface area contributed by atoms with Crippen molar-refractivity contribution >= 4 is 34.8 Å². The molecule has 0 aliphatic heterocycles. The van der Waals surface area contributed by atoms with Crippen LogP contribution in [0.25, 0.3) is 10.8 Å². The second-order valence-corrected chi connectivity index (χ2v) is 4.06. The predicted molar refractivity (Wildman–Crippen MR) is 110 cm³/mol. The van der Waals surface area contributed by atoms with Crippen molar-refractivity contribution in [1.29, 1.82) is 0 Å². The molecule has 0 aromatic carbocycles. The van der Waals surface area contributed by atoms with E-state index in [1.807, 2.05) is 0 Å². The fraction of sp³-hybridized carbons (Fsp3) is 0.167. The van der Waals surface area contributed by atoms with Crippen LogP contribution in [0.15, 0.2) is 37.2 Å². The second kappa shape index (κ2) is 27.5. The summed E-state index contributed by atoms with van der Waals surface area (Å²) in [5, 5.41) is 58.8. The molecule has 0 saturated heterocycles. The third-order valence-electron chi connectivity index (χ3n) is 2.02. The van der Waals surface area contributed by atoms with Gasteiger partial charge in [-0.15, -0.1) is 0 Å². The topological polar surface area (TPSA) is 284 Å². The monoisotopic (exact) mass is 503 g/mol. The molecular weight excluding hydrogens is 479 g/mol. The van der Waals surface area contributed by atoms with E-state index in [0.717, 1.165) is 12.4 Å². The Kier molecular flexibility index (Phi) is 42.9. The van der Waals surface area contributed by atoms with Crippen LogP contribution < -0.4 is 18.9 Å². The van der Waals surface area contributed by atoms with Gasteiger partial charge in [-0.05, 0) is 0 Å². The molecule has 1 radical (unpaired) electrons. The number of isothiocyanates is 2. The number of thiocarbonyl (C=S) groups is 2. The fourth-order valence-corrected chi connectivity index (χ4v) is 1.06. The summed E-state index contributed by atoms with van der Waals surface area (Å²) in [6.07, 6.45) is 7.07. The largest absolute Gasteiger partial charge is 2.00 e. The van der Waals surface area contributed by atoms with Crippen molar-refractivity contribution in [2.24, 2.45) is 0 Å². The minimum Gasteiger partial charge on any atom is -0.753 e. The van der Waals surface area contributed by atoms with Crippen LogP contribution in [0.2, 0.25) is 0 Å². The Morgan fingerprint density at radius 2 is 0.897 bits per heavy atom. The van der Waals surface area contributed by atoms with Crippen molar-refractivity contribution in [1.82, 2.24) is 0 Å². The summed E-state index contributed by atoms with van der Waals surface area (Å²) in [7, 11) is 0. The molecule has 0 bridgehead atoms. The van der Waals surface area contributed by atoms with E-state index in [2.05, 4.69) is 24.4 Å². The van der Waals surface area contributed by atoms with Crippen LogP contribution in [-0.2, 0) is 38.7 Å². The first-order valence-electron chi connectivity index (χ1n) is 5.83. The first-order chi connectivity index (χ1) is 11.2. The molecule has 2 rings (SSSR count). The zero-order valence-electron chi connectivity index (χ0n) is 15.2. The molecule has 2 aromatic heterocycles. The zero-order chi connectivity index (χ0) is 19.1. The van der Waals surface area contributed by atoms with Gasteiger partial charge in [-0.3, -0.25) is 0 Å². The van der Waals surface area contributed by atoms with Gasteiger partial charge in [-0.2, -0.15) is 29.2 Å². The van der Waals surface area contributed by atoms with Gasteiger partial charge in [0.1, 0.15) is 0 Å². The van der Waals surface area contributed by atoms with Crippen molar-refractivity contribution in [3.63, 3.8) is 0 Å². The first kappa shape index (κ1) is 45.2. The summed E-state index contributed by atoms with van der Waals surface area (Å²) < 4.78 is 2.44. The van der Waals surface area contributed by atoms with Gasteiger partial charge < -0.3 is 53.6 Å². The fourth-order valence-electron chi connectivity index (χ4n) is 1.06. The summed E-state index contributed by atoms with van der Waals surface area (Å²) in [5.41, 5.74) is 0.792. The molecular formula is C12H24CoN6O8S2+4. The van der Waals surface area contributed by atoms with E-state index in [4.69, 9.17) is 10.8 Å². The Morgan fingerprint density at radius 3 is 1.03 bits per heavy atom. The van der Waals surface area contributed by atoms with Gasteiger partial charge in [-0.1, -0.05) is 24.4 Å². The minimum absolute atomic E-state index is 0. The minimum atomic E-state index is 0.